The van der Waals surface area contributed by atoms with E-state index in [1.807, 2.05) is 12.2 Å². The predicted molar refractivity (Wildman–Crippen MR) is 88.6 cm³/mol. The molecule has 0 radical (unpaired) electrons. The summed E-state index contributed by atoms with van der Waals surface area (Å²) in [5.41, 5.74) is 2.27. The molecule has 3 heteroatoms. The van der Waals surface area contributed by atoms with E-state index in [1.54, 1.807) is 6.92 Å². The molecule has 0 saturated heterocycles. The second-order valence-corrected chi connectivity index (χ2v) is 4.90. The number of nitrogens with zero attached hydrogens (tertiary/aromatic N) is 1. The van der Waals surface area contributed by atoms with Gasteiger partial charge >= 0.3 is 0 Å². The molecule has 1 heterocycles. The number of rotatable bonds is 5. The van der Waals surface area contributed by atoms with Crippen molar-refractivity contribution < 1.29 is 4.42 Å². The molecule has 0 amide bonds. The highest BCUT2D eigenvalue weighted by Gasteiger charge is 2.00. The van der Waals surface area contributed by atoms with E-state index >= 15 is 0 Å². The van der Waals surface area contributed by atoms with E-state index in [0.29, 0.717) is 11.5 Å². The van der Waals surface area contributed by atoms with Gasteiger partial charge in [-0.1, -0.05) is 18.2 Å². The van der Waals surface area contributed by atoms with Crippen LogP contribution in [0.15, 0.2) is 45.6 Å². The van der Waals surface area contributed by atoms with Crippen LogP contribution in [0.3, 0.4) is 0 Å². The summed E-state index contributed by atoms with van der Waals surface area (Å²) in [6.45, 7) is 8.08. The first kappa shape index (κ1) is 15.1. The molecule has 3 nitrogen and oxygen atoms in total. The Kier molecular flexibility index (Phi) is 4.99. The molecule has 0 unspecified atom stereocenters. The molecule has 0 N–H and O–H groups in total. The molecule has 0 atom stereocenters. The van der Waals surface area contributed by atoms with E-state index in [4.69, 9.17) is 4.42 Å². The number of hydrogen-bond donors (Lipinski definition) is 0. The maximum atomic E-state index is 11.4. The maximum Gasteiger partial charge on any atom is 0.185 e. The standard InChI is InChI=1S/C18H21NO2/c1-4-19(5-2)16-9-6-15(7-10-16)8-11-18-13-17(20)12-14(3)21-18/h6-13H,4-5H2,1-3H3. The molecule has 0 aliphatic rings. The quantitative estimate of drug-likeness (QED) is 0.832. The van der Waals surface area contributed by atoms with Crippen molar-refractivity contribution in [2.75, 3.05) is 18.0 Å². The van der Waals surface area contributed by atoms with Crippen LogP contribution in [0.1, 0.15) is 30.9 Å². The fraction of sp³-hybridized carbons (Fsp3) is 0.278. The van der Waals surface area contributed by atoms with Crippen molar-refractivity contribution in [2.24, 2.45) is 0 Å². The molecule has 0 bridgehead atoms. The van der Waals surface area contributed by atoms with Gasteiger partial charge in [0.2, 0.25) is 0 Å². The Hall–Kier alpha value is -2.29. The van der Waals surface area contributed by atoms with Gasteiger partial charge in [-0.15, -0.1) is 0 Å². The summed E-state index contributed by atoms with van der Waals surface area (Å²) in [6.07, 6.45) is 3.77. The van der Waals surface area contributed by atoms with Crippen LogP contribution in [0.4, 0.5) is 5.69 Å². The first-order chi connectivity index (χ1) is 10.1. The molecular formula is C18H21NO2. The van der Waals surface area contributed by atoms with Crippen LogP contribution in [0.25, 0.3) is 12.2 Å². The van der Waals surface area contributed by atoms with Crippen LogP contribution in [-0.2, 0) is 0 Å². The summed E-state index contributed by atoms with van der Waals surface area (Å²) in [5.74, 6) is 1.20. The minimum Gasteiger partial charge on any atom is -0.462 e. The Morgan fingerprint density at radius 2 is 1.71 bits per heavy atom. The number of aryl methyl sites for hydroxylation is 1. The highest BCUT2D eigenvalue weighted by molar-refractivity contribution is 5.68. The third-order valence-corrected chi connectivity index (χ3v) is 3.37. The SMILES string of the molecule is CCN(CC)c1ccc(C=Cc2cc(=O)cc(C)o2)cc1. The normalized spacial score (nSPS) is 11.0. The molecule has 0 fully saturated rings. The molecular weight excluding hydrogens is 262 g/mol. The van der Waals surface area contributed by atoms with E-state index < -0.39 is 0 Å². The zero-order chi connectivity index (χ0) is 15.2. The summed E-state index contributed by atoms with van der Waals surface area (Å²) < 4.78 is 5.48. The lowest BCUT2D eigenvalue weighted by Crippen LogP contribution is -2.21. The zero-order valence-electron chi connectivity index (χ0n) is 12.8. The molecule has 0 aliphatic carbocycles. The highest BCUT2D eigenvalue weighted by atomic mass is 16.3. The largest absolute Gasteiger partial charge is 0.462 e. The van der Waals surface area contributed by atoms with E-state index in [1.165, 1.54) is 17.8 Å². The molecule has 0 saturated carbocycles. The third-order valence-electron chi connectivity index (χ3n) is 3.37. The minimum absolute atomic E-state index is 0.0321. The second kappa shape index (κ2) is 6.93. The van der Waals surface area contributed by atoms with Crippen molar-refractivity contribution in [2.45, 2.75) is 20.8 Å². The number of hydrogen-bond acceptors (Lipinski definition) is 3. The van der Waals surface area contributed by atoms with Crippen LogP contribution in [0.5, 0.6) is 0 Å². The molecule has 0 aliphatic heterocycles. The Balaban J connectivity index is 2.16. The first-order valence-electron chi connectivity index (χ1n) is 7.27. The van der Waals surface area contributed by atoms with E-state index in [0.717, 1.165) is 18.7 Å². The van der Waals surface area contributed by atoms with Gasteiger partial charge in [0, 0.05) is 30.9 Å². The summed E-state index contributed by atoms with van der Waals surface area (Å²) in [4.78, 5) is 13.7. The Morgan fingerprint density at radius 3 is 2.29 bits per heavy atom. The van der Waals surface area contributed by atoms with Gasteiger partial charge < -0.3 is 9.32 Å². The van der Waals surface area contributed by atoms with Crippen molar-refractivity contribution in [1.82, 2.24) is 0 Å². The zero-order valence-corrected chi connectivity index (χ0v) is 12.8. The summed E-state index contributed by atoms with van der Waals surface area (Å²) >= 11 is 0. The molecule has 2 rings (SSSR count). The lowest BCUT2D eigenvalue weighted by Gasteiger charge is -2.20. The molecule has 110 valence electrons. The second-order valence-electron chi connectivity index (χ2n) is 4.90. The average Bonchev–Trinajstić information content (AvgIpc) is 2.47. The number of benzene rings is 1. The van der Waals surface area contributed by atoms with Crippen LogP contribution < -0.4 is 10.3 Å². The van der Waals surface area contributed by atoms with Crippen molar-refractivity contribution >= 4 is 17.8 Å². The van der Waals surface area contributed by atoms with Gasteiger partial charge in [0.1, 0.15) is 11.5 Å². The van der Waals surface area contributed by atoms with Gasteiger partial charge in [-0.05, 0) is 44.5 Å². The fourth-order valence-electron chi connectivity index (χ4n) is 2.27. The summed E-state index contributed by atoms with van der Waals surface area (Å²) in [7, 11) is 0. The van der Waals surface area contributed by atoms with Crippen LogP contribution >= 0.6 is 0 Å². The van der Waals surface area contributed by atoms with Gasteiger partial charge in [0.25, 0.3) is 0 Å². The van der Waals surface area contributed by atoms with E-state index in [9.17, 15) is 4.79 Å². The van der Waals surface area contributed by atoms with Crippen LogP contribution in [0, 0.1) is 6.92 Å². The highest BCUT2D eigenvalue weighted by Crippen LogP contribution is 2.16. The average molecular weight is 283 g/mol. The first-order valence-corrected chi connectivity index (χ1v) is 7.27. The fourth-order valence-corrected chi connectivity index (χ4v) is 2.27. The van der Waals surface area contributed by atoms with E-state index in [2.05, 4.69) is 43.0 Å². The van der Waals surface area contributed by atoms with Gasteiger partial charge in [0.15, 0.2) is 5.43 Å². The van der Waals surface area contributed by atoms with Crippen molar-refractivity contribution in [3.05, 3.63) is 63.7 Å². The summed E-state index contributed by atoms with van der Waals surface area (Å²) in [6, 6.07) is 11.3. The van der Waals surface area contributed by atoms with Gasteiger partial charge in [-0.3, -0.25) is 4.79 Å². The third kappa shape index (κ3) is 4.09. The monoisotopic (exact) mass is 283 g/mol. The molecule has 21 heavy (non-hydrogen) atoms. The van der Waals surface area contributed by atoms with Crippen molar-refractivity contribution in [1.29, 1.82) is 0 Å². The lowest BCUT2D eigenvalue weighted by atomic mass is 10.1. The van der Waals surface area contributed by atoms with Gasteiger partial charge in [-0.25, -0.2) is 0 Å². The Morgan fingerprint density at radius 1 is 1.05 bits per heavy atom. The lowest BCUT2D eigenvalue weighted by molar-refractivity contribution is 0.505. The van der Waals surface area contributed by atoms with Gasteiger partial charge in [0.05, 0.1) is 0 Å². The Bertz CT molecular complexity index is 664. The molecule has 0 spiro atoms. The number of anilines is 1. The predicted octanol–water partition coefficient (Wildman–Crippen LogP) is 3.96. The van der Waals surface area contributed by atoms with Crippen molar-refractivity contribution in [3.8, 4) is 0 Å². The summed E-state index contributed by atoms with van der Waals surface area (Å²) in [5, 5.41) is 0. The van der Waals surface area contributed by atoms with E-state index in [-0.39, 0.29) is 5.43 Å². The topological polar surface area (TPSA) is 33.5 Å². The maximum absolute atomic E-state index is 11.4. The molecule has 1 aromatic heterocycles. The van der Waals surface area contributed by atoms with Crippen LogP contribution in [0.2, 0.25) is 0 Å². The Labute approximate surface area is 125 Å². The smallest absolute Gasteiger partial charge is 0.185 e. The molecule has 2 aromatic rings. The van der Waals surface area contributed by atoms with Crippen molar-refractivity contribution in [3.63, 3.8) is 0 Å². The minimum atomic E-state index is -0.0321. The van der Waals surface area contributed by atoms with Gasteiger partial charge in [-0.2, -0.15) is 0 Å². The van der Waals surface area contributed by atoms with Crippen LogP contribution in [-0.4, -0.2) is 13.1 Å². The molecule has 1 aromatic carbocycles.